The molecular weight excluding hydrogens is 366 g/mol. The van der Waals surface area contributed by atoms with Crippen molar-refractivity contribution in [3.05, 3.63) is 60.7 Å². The van der Waals surface area contributed by atoms with Crippen molar-refractivity contribution in [3.8, 4) is 28.3 Å². The van der Waals surface area contributed by atoms with E-state index in [9.17, 15) is 4.79 Å². The van der Waals surface area contributed by atoms with Crippen LogP contribution in [0.15, 0.2) is 55.0 Å². The third kappa shape index (κ3) is 4.26. The SMILES string of the molecule is CCC(CC)NC(=O)c1cncn1-c1ccc(-c2c(OC)cccc2OC)cc1. The number of hydrogen-bond acceptors (Lipinski definition) is 4. The second-order valence-corrected chi connectivity index (χ2v) is 6.72. The van der Waals surface area contributed by atoms with Gasteiger partial charge in [0.15, 0.2) is 0 Å². The average molecular weight is 393 g/mol. The van der Waals surface area contributed by atoms with Crippen LogP contribution in [0, 0.1) is 0 Å². The highest BCUT2D eigenvalue weighted by Crippen LogP contribution is 2.38. The summed E-state index contributed by atoms with van der Waals surface area (Å²) < 4.78 is 12.8. The van der Waals surface area contributed by atoms with E-state index in [1.54, 1.807) is 31.3 Å². The third-order valence-electron chi connectivity index (χ3n) is 5.05. The van der Waals surface area contributed by atoms with Crippen LogP contribution in [0.3, 0.4) is 0 Å². The standard InChI is InChI=1S/C23H27N3O3/c1-5-17(6-2)25-23(27)19-14-24-15-26(19)18-12-10-16(11-13-18)22-20(28-3)8-7-9-21(22)29-4/h7-15,17H,5-6H2,1-4H3,(H,25,27). The van der Waals surface area contributed by atoms with E-state index in [4.69, 9.17) is 9.47 Å². The van der Waals surface area contributed by atoms with Gasteiger partial charge in [-0.1, -0.05) is 32.0 Å². The average Bonchev–Trinajstić information content (AvgIpc) is 3.27. The van der Waals surface area contributed by atoms with Gasteiger partial charge in [0.2, 0.25) is 0 Å². The molecule has 0 aliphatic carbocycles. The number of aromatic nitrogens is 2. The fourth-order valence-corrected chi connectivity index (χ4v) is 3.35. The Bertz CT molecular complexity index is 938. The molecule has 0 saturated carbocycles. The molecule has 0 fully saturated rings. The molecule has 0 saturated heterocycles. The molecule has 152 valence electrons. The highest BCUT2D eigenvalue weighted by atomic mass is 16.5. The molecule has 1 heterocycles. The van der Waals surface area contributed by atoms with E-state index in [1.165, 1.54) is 0 Å². The maximum absolute atomic E-state index is 12.7. The van der Waals surface area contributed by atoms with Crippen molar-refractivity contribution in [2.24, 2.45) is 0 Å². The quantitative estimate of drug-likeness (QED) is 0.613. The topological polar surface area (TPSA) is 65.4 Å². The summed E-state index contributed by atoms with van der Waals surface area (Å²) in [4.78, 5) is 16.9. The van der Waals surface area contributed by atoms with Crippen LogP contribution >= 0.6 is 0 Å². The van der Waals surface area contributed by atoms with Crippen molar-refractivity contribution >= 4 is 5.91 Å². The van der Waals surface area contributed by atoms with Crippen LogP contribution < -0.4 is 14.8 Å². The fraction of sp³-hybridized carbons (Fsp3) is 0.304. The zero-order chi connectivity index (χ0) is 20.8. The maximum Gasteiger partial charge on any atom is 0.270 e. The molecule has 3 rings (SSSR count). The fourth-order valence-electron chi connectivity index (χ4n) is 3.35. The number of carbonyl (C=O) groups is 1. The molecule has 0 unspecified atom stereocenters. The molecule has 3 aromatic rings. The van der Waals surface area contributed by atoms with E-state index in [-0.39, 0.29) is 11.9 Å². The number of nitrogens with one attached hydrogen (secondary N) is 1. The monoisotopic (exact) mass is 393 g/mol. The number of amides is 1. The Kier molecular flexibility index (Phi) is 6.54. The van der Waals surface area contributed by atoms with E-state index in [2.05, 4.69) is 24.1 Å². The Morgan fingerprint density at radius 1 is 1.03 bits per heavy atom. The van der Waals surface area contributed by atoms with E-state index < -0.39 is 0 Å². The van der Waals surface area contributed by atoms with Crippen LogP contribution in [0.2, 0.25) is 0 Å². The Balaban J connectivity index is 1.92. The molecular formula is C23H27N3O3. The number of rotatable bonds is 8. The Labute approximate surface area is 171 Å². The van der Waals surface area contributed by atoms with Crippen LogP contribution in [-0.2, 0) is 0 Å². The van der Waals surface area contributed by atoms with E-state index in [0.29, 0.717) is 5.69 Å². The maximum atomic E-state index is 12.7. The summed E-state index contributed by atoms with van der Waals surface area (Å²) in [7, 11) is 3.28. The number of imidazole rings is 1. The molecule has 1 aromatic heterocycles. The Hall–Kier alpha value is -3.28. The normalized spacial score (nSPS) is 10.8. The van der Waals surface area contributed by atoms with Crippen molar-refractivity contribution in [1.29, 1.82) is 0 Å². The number of carbonyl (C=O) groups excluding carboxylic acids is 1. The van der Waals surface area contributed by atoms with Crippen LogP contribution in [0.4, 0.5) is 0 Å². The van der Waals surface area contributed by atoms with Crippen LogP contribution in [-0.4, -0.2) is 35.7 Å². The van der Waals surface area contributed by atoms with Gasteiger partial charge in [0, 0.05) is 11.7 Å². The highest BCUT2D eigenvalue weighted by Gasteiger charge is 2.17. The number of methoxy groups -OCH3 is 2. The van der Waals surface area contributed by atoms with Crippen LogP contribution in [0.25, 0.3) is 16.8 Å². The molecule has 1 N–H and O–H groups in total. The molecule has 0 radical (unpaired) electrons. The van der Waals surface area contributed by atoms with Crippen molar-refractivity contribution in [1.82, 2.24) is 14.9 Å². The van der Waals surface area contributed by atoms with E-state index in [0.717, 1.165) is 41.2 Å². The summed E-state index contributed by atoms with van der Waals surface area (Å²) in [6.07, 6.45) is 5.03. The van der Waals surface area contributed by atoms with Gasteiger partial charge in [-0.05, 0) is 42.7 Å². The molecule has 0 atom stereocenters. The summed E-state index contributed by atoms with van der Waals surface area (Å²) >= 11 is 0. The molecule has 1 amide bonds. The smallest absolute Gasteiger partial charge is 0.270 e. The van der Waals surface area contributed by atoms with Crippen molar-refractivity contribution in [2.75, 3.05) is 14.2 Å². The van der Waals surface area contributed by atoms with E-state index in [1.807, 2.05) is 42.5 Å². The number of hydrogen-bond donors (Lipinski definition) is 1. The van der Waals surface area contributed by atoms with Gasteiger partial charge in [0.1, 0.15) is 17.2 Å². The lowest BCUT2D eigenvalue weighted by Gasteiger charge is -2.16. The minimum absolute atomic E-state index is 0.119. The number of benzene rings is 2. The first-order chi connectivity index (χ1) is 14.1. The lowest BCUT2D eigenvalue weighted by atomic mass is 10.0. The Morgan fingerprint density at radius 2 is 1.66 bits per heavy atom. The molecule has 0 bridgehead atoms. The summed E-state index contributed by atoms with van der Waals surface area (Å²) in [5.41, 5.74) is 3.22. The van der Waals surface area contributed by atoms with Crippen LogP contribution in [0.5, 0.6) is 11.5 Å². The molecule has 0 aliphatic rings. The van der Waals surface area contributed by atoms with Gasteiger partial charge in [-0.25, -0.2) is 4.98 Å². The van der Waals surface area contributed by atoms with Gasteiger partial charge < -0.3 is 14.8 Å². The first-order valence-corrected chi connectivity index (χ1v) is 9.77. The minimum atomic E-state index is -0.119. The number of nitrogens with zero attached hydrogens (tertiary/aromatic N) is 2. The summed E-state index contributed by atoms with van der Waals surface area (Å²) in [5.74, 6) is 1.36. The molecule has 6 nitrogen and oxygen atoms in total. The second-order valence-electron chi connectivity index (χ2n) is 6.72. The van der Waals surface area contributed by atoms with Gasteiger partial charge in [0.25, 0.3) is 5.91 Å². The largest absolute Gasteiger partial charge is 0.496 e. The zero-order valence-corrected chi connectivity index (χ0v) is 17.3. The van der Waals surface area contributed by atoms with Crippen molar-refractivity contribution in [3.63, 3.8) is 0 Å². The van der Waals surface area contributed by atoms with E-state index >= 15 is 0 Å². The lowest BCUT2D eigenvalue weighted by Crippen LogP contribution is -2.34. The minimum Gasteiger partial charge on any atom is -0.496 e. The molecule has 29 heavy (non-hydrogen) atoms. The van der Waals surface area contributed by atoms with Crippen molar-refractivity contribution in [2.45, 2.75) is 32.7 Å². The first kappa shape index (κ1) is 20.5. The Morgan fingerprint density at radius 3 is 2.21 bits per heavy atom. The second kappa shape index (κ2) is 9.28. The van der Waals surface area contributed by atoms with Crippen molar-refractivity contribution < 1.29 is 14.3 Å². The van der Waals surface area contributed by atoms with Gasteiger partial charge in [0.05, 0.1) is 32.3 Å². The summed E-state index contributed by atoms with van der Waals surface area (Å²) in [5, 5.41) is 3.06. The van der Waals surface area contributed by atoms with Gasteiger partial charge in [-0.3, -0.25) is 9.36 Å². The van der Waals surface area contributed by atoms with Crippen LogP contribution in [0.1, 0.15) is 37.2 Å². The molecule has 0 spiro atoms. The highest BCUT2D eigenvalue weighted by molar-refractivity contribution is 5.93. The number of ether oxygens (including phenoxy) is 2. The predicted molar refractivity (Wildman–Crippen MR) is 114 cm³/mol. The zero-order valence-electron chi connectivity index (χ0n) is 17.3. The lowest BCUT2D eigenvalue weighted by molar-refractivity contribution is 0.0928. The summed E-state index contributed by atoms with van der Waals surface area (Å²) in [6, 6.07) is 13.7. The first-order valence-electron chi connectivity index (χ1n) is 9.77. The van der Waals surface area contributed by atoms with Gasteiger partial charge >= 0.3 is 0 Å². The van der Waals surface area contributed by atoms with Gasteiger partial charge in [-0.15, -0.1) is 0 Å². The molecule has 2 aromatic carbocycles. The van der Waals surface area contributed by atoms with Gasteiger partial charge in [-0.2, -0.15) is 0 Å². The third-order valence-corrected chi connectivity index (χ3v) is 5.05. The summed E-state index contributed by atoms with van der Waals surface area (Å²) in [6.45, 7) is 4.13. The molecule has 0 aliphatic heterocycles. The molecule has 6 heteroatoms. The predicted octanol–water partition coefficient (Wildman–Crippen LogP) is 4.47.